The Morgan fingerprint density at radius 3 is 2.65 bits per heavy atom. The smallest absolute Gasteiger partial charge is 0.254 e. The number of benzene rings is 1. The van der Waals surface area contributed by atoms with Crippen molar-refractivity contribution in [3.63, 3.8) is 0 Å². The predicted octanol–water partition coefficient (Wildman–Crippen LogP) is 2.97. The van der Waals surface area contributed by atoms with Crippen molar-refractivity contribution >= 4 is 21.8 Å². The molecular formula is C16H21BrN2O. The van der Waals surface area contributed by atoms with Gasteiger partial charge < -0.3 is 10.2 Å². The van der Waals surface area contributed by atoms with Gasteiger partial charge in [-0.1, -0.05) is 6.07 Å². The number of aryl methyl sites for hydroxylation is 1. The summed E-state index contributed by atoms with van der Waals surface area (Å²) < 4.78 is 0.908. The van der Waals surface area contributed by atoms with Gasteiger partial charge in [0.15, 0.2) is 0 Å². The molecule has 1 N–H and O–H groups in total. The van der Waals surface area contributed by atoms with E-state index >= 15 is 0 Å². The van der Waals surface area contributed by atoms with E-state index in [4.69, 9.17) is 0 Å². The van der Waals surface area contributed by atoms with Crippen LogP contribution in [-0.4, -0.2) is 37.0 Å². The summed E-state index contributed by atoms with van der Waals surface area (Å²) in [6.07, 6.45) is 3.54. The van der Waals surface area contributed by atoms with Gasteiger partial charge in [0, 0.05) is 24.1 Å². The van der Waals surface area contributed by atoms with Crippen LogP contribution in [0.4, 0.5) is 0 Å². The molecule has 0 saturated carbocycles. The molecule has 1 amide bonds. The summed E-state index contributed by atoms with van der Waals surface area (Å²) in [6, 6.07) is 5.95. The fourth-order valence-corrected chi connectivity index (χ4v) is 4.03. The topological polar surface area (TPSA) is 32.3 Å². The third-order valence-corrected chi connectivity index (χ3v) is 5.45. The summed E-state index contributed by atoms with van der Waals surface area (Å²) >= 11 is 3.52. The largest absolute Gasteiger partial charge is 0.339 e. The molecule has 1 aromatic rings. The van der Waals surface area contributed by atoms with Gasteiger partial charge in [-0.15, -0.1) is 0 Å². The van der Waals surface area contributed by atoms with Crippen molar-refractivity contribution in [1.82, 2.24) is 10.2 Å². The second-order valence-electron chi connectivity index (χ2n) is 6.20. The van der Waals surface area contributed by atoms with Crippen LogP contribution in [0.3, 0.4) is 0 Å². The molecule has 3 nitrogen and oxygen atoms in total. The summed E-state index contributed by atoms with van der Waals surface area (Å²) in [7, 11) is 0. The zero-order chi connectivity index (χ0) is 14.2. The molecular weight excluding hydrogens is 316 g/mol. The number of halogens is 1. The van der Waals surface area contributed by atoms with Crippen molar-refractivity contribution in [3.8, 4) is 0 Å². The zero-order valence-corrected chi connectivity index (χ0v) is 13.5. The summed E-state index contributed by atoms with van der Waals surface area (Å²) in [6.45, 7) is 6.08. The van der Waals surface area contributed by atoms with E-state index in [1.54, 1.807) is 0 Å². The lowest BCUT2D eigenvalue weighted by atomic mass is 9.78. The number of carbonyl (C=O) groups is 1. The van der Waals surface area contributed by atoms with Gasteiger partial charge in [-0.3, -0.25) is 4.79 Å². The van der Waals surface area contributed by atoms with Crippen LogP contribution in [0.2, 0.25) is 0 Å². The fourth-order valence-electron chi connectivity index (χ4n) is 3.37. The van der Waals surface area contributed by atoms with E-state index in [0.29, 0.717) is 5.41 Å². The Bertz CT molecular complexity index is 513. The SMILES string of the molecule is Cc1ccc(C(=O)N2CCC3(CCNC3)CC2)c(Br)c1. The molecule has 0 unspecified atom stereocenters. The van der Waals surface area contributed by atoms with E-state index in [1.807, 2.05) is 30.0 Å². The highest BCUT2D eigenvalue weighted by atomic mass is 79.9. The van der Waals surface area contributed by atoms with E-state index in [2.05, 4.69) is 21.2 Å². The van der Waals surface area contributed by atoms with Crippen LogP contribution in [0.5, 0.6) is 0 Å². The maximum absolute atomic E-state index is 12.6. The molecule has 0 aromatic heterocycles. The van der Waals surface area contributed by atoms with Crippen molar-refractivity contribution < 1.29 is 4.79 Å². The number of piperidine rings is 1. The molecule has 3 rings (SSSR count). The van der Waals surface area contributed by atoms with Gasteiger partial charge in [-0.2, -0.15) is 0 Å². The van der Waals surface area contributed by atoms with Crippen molar-refractivity contribution in [2.75, 3.05) is 26.2 Å². The van der Waals surface area contributed by atoms with Crippen LogP contribution < -0.4 is 5.32 Å². The van der Waals surface area contributed by atoms with E-state index < -0.39 is 0 Å². The Morgan fingerprint density at radius 2 is 2.05 bits per heavy atom. The summed E-state index contributed by atoms with van der Waals surface area (Å²) in [5.74, 6) is 0.165. The first-order chi connectivity index (χ1) is 9.60. The Balaban J connectivity index is 1.69. The monoisotopic (exact) mass is 336 g/mol. The fraction of sp³-hybridized carbons (Fsp3) is 0.562. The highest BCUT2D eigenvalue weighted by molar-refractivity contribution is 9.10. The molecule has 2 aliphatic rings. The standard InChI is InChI=1S/C16H21BrN2O/c1-12-2-3-13(14(17)10-12)15(20)19-8-5-16(6-9-19)4-7-18-11-16/h2-3,10,18H,4-9,11H2,1H3. The second kappa shape index (κ2) is 5.49. The number of rotatable bonds is 1. The van der Waals surface area contributed by atoms with Crippen molar-refractivity contribution in [2.45, 2.75) is 26.2 Å². The molecule has 2 aliphatic heterocycles. The van der Waals surface area contributed by atoms with E-state index in [-0.39, 0.29) is 5.91 Å². The van der Waals surface area contributed by atoms with Crippen LogP contribution in [0.25, 0.3) is 0 Å². The molecule has 1 aromatic carbocycles. The second-order valence-corrected chi connectivity index (χ2v) is 7.06. The molecule has 0 bridgehead atoms. The Morgan fingerprint density at radius 1 is 1.30 bits per heavy atom. The van der Waals surface area contributed by atoms with Crippen LogP contribution in [-0.2, 0) is 0 Å². The minimum atomic E-state index is 0.165. The van der Waals surface area contributed by atoms with Gasteiger partial charge in [0.2, 0.25) is 0 Å². The van der Waals surface area contributed by atoms with Crippen LogP contribution in [0.1, 0.15) is 35.2 Å². The van der Waals surface area contributed by atoms with Crippen LogP contribution in [0, 0.1) is 12.3 Å². The maximum Gasteiger partial charge on any atom is 0.254 e. The Kier molecular flexibility index (Phi) is 3.87. The number of nitrogens with one attached hydrogen (secondary N) is 1. The quantitative estimate of drug-likeness (QED) is 0.855. The van der Waals surface area contributed by atoms with E-state index in [0.717, 1.165) is 49.1 Å². The first-order valence-electron chi connectivity index (χ1n) is 7.36. The van der Waals surface area contributed by atoms with Gasteiger partial charge in [0.1, 0.15) is 0 Å². The molecule has 4 heteroatoms. The number of carbonyl (C=O) groups excluding carboxylic acids is 1. The minimum Gasteiger partial charge on any atom is -0.339 e. The highest BCUT2D eigenvalue weighted by Gasteiger charge is 2.38. The van der Waals surface area contributed by atoms with Gasteiger partial charge in [-0.05, 0) is 71.8 Å². The molecule has 2 fully saturated rings. The molecule has 2 heterocycles. The maximum atomic E-state index is 12.6. The average Bonchev–Trinajstić information content (AvgIpc) is 2.87. The van der Waals surface area contributed by atoms with Crippen LogP contribution in [0.15, 0.2) is 22.7 Å². The number of hydrogen-bond donors (Lipinski definition) is 1. The zero-order valence-electron chi connectivity index (χ0n) is 11.9. The first kappa shape index (κ1) is 14.1. The third-order valence-electron chi connectivity index (χ3n) is 4.80. The Hall–Kier alpha value is -0.870. The first-order valence-corrected chi connectivity index (χ1v) is 8.15. The number of amides is 1. The lowest BCUT2D eigenvalue weighted by molar-refractivity contribution is 0.0607. The molecule has 20 heavy (non-hydrogen) atoms. The van der Waals surface area contributed by atoms with Gasteiger partial charge in [0.05, 0.1) is 5.56 Å². The normalized spacial score (nSPS) is 21.4. The molecule has 0 radical (unpaired) electrons. The molecule has 2 saturated heterocycles. The molecule has 0 atom stereocenters. The lowest BCUT2D eigenvalue weighted by Crippen LogP contribution is -2.44. The third kappa shape index (κ3) is 2.63. The van der Waals surface area contributed by atoms with Gasteiger partial charge >= 0.3 is 0 Å². The number of likely N-dealkylation sites (tertiary alicyclic amines) is 1. The van der Waals surface area contributed by atoms with Gasteiger partial charge in [-0.25, -0.2) is 0 Å². The highest BCUT2D eigenvalue weighted by Crippen LogP contribution is 2.37. The number of hydrogen-bond acceptors (Lipinski definition) is 2. The molecule has 108 valence electrons. The van der Waals surface area contributed by atoms with Gasteiger partial charge in [0.25, 0.3) is 5.91 Å². The van der Waals surface area contributed by atoms with Crippen molar-refractivity contribution in [2.24, 2.45) is 5.41 Å². The van der Waals surface area contributed by atoms with E-state index in [9.17, 15) is 4.79 Å². The van der Waals surface area contributed by atoms with Crippen molar-refractivity contribution in [3.05, 3.63) is 33.8 Å². The molecule has 1 spiro atoms. The summed E-state index contributed by atoms with van der Waals surface area (Å²) in [4.78, 5) is 14.6. The molecule has 0 aliphatic carbocycles. The lowest BCUT2D eigenvalue weighted by Gasteiger charge is -2.39. The Labute approximate surface area is 128 Å². The summed E-state index contributed by atoms with van der Waals surface area (Å²) in [5.41, 5.74) is 2.42. The average molecular weight is 337 g/mol. The summed E-state index contributed by atoms with van der Waals surface area (Å²) in [5, 5.41) is 3.46. The van der Waals surface area contributed by atoms with E-state index in [1.165, 1.54) is 12.0 Å². The van der Waals surface area contributed by atoms with Crippen LogP contribution >= 0.6 is 15.9 Å². The van der Waals surface area contributed by atoms with Crippen molar-refractivity contribution in [1.29, 1.82) is 0 Å². The predicted molar refractivity (Wildman–Crippen MR) is 83.9 cm³/mol. The minimum absolute atomic E-state index is 0.165. The number of nitrogens with zero attached hydrogens (tertiary/aromatic N) is 1.